The van der Waals surface area contributed by atoms with Crippen LogP contribution in [-0.2, 0) is 20.4 Å². The molecule has 0 aliphatic heterocycles. The van der Waals surface area contributed by atoms with Crippen LogP contribution in [0.4, 0.5) is 4.39 Å². The minimum absolute atomic E-state index is 0.0932. The molecular weight excluding hydrogens is 359 g/mol. The van der Waals surface area contributed by atoms with Crippen molar-refractivity contribution >= 4 is 15.7 Å². The number of hydrogen-bond donors (Lipinski definition) is 0. The fourth-order valence-corrected chi connectivity index (χ4v) is 4.05. The monoisotopic (exact) mass is 382 g/mol. The zero-order valence-electron chi connectivity index (χ0n) is 15.3. The average molecular weight is 382 g/mol. The molecule has 1 heterocycles. The van der Waals surface area contributed by atoms with Crippen LogP contribution in [0, 0.1) is 5.82 Å². The van der Waals surface area contributed by atoms with E-state index in [-0.39, 0.29) is 23.7 Å². The van der Waals surface area contributed by atoms with Crippen molar-refractivity contribution in [3.63, 3.8) is 0 Å². The van der Waals surface area contributed by atoms with Gasteiger partial charge in [0.2, 0.25) is 11.8 Å². The van der Waals surface area contributed by atoms with E-state index < -0.39 is 33.1 Å². The van der Waals surface area contributed by atoms with E-state index in [9.17, 15) is 17.6 Å². The minimum Gasteiger partial charge on any atom is -0.444 e. The van der Waals surface area contributed by atoms with Crippen molar-refractivity contribution in [2.24, 2.45) is 0 Å². The quantitative estimate of drug-likeness (QED) is 0.735. The topological polar surface area (TPSA) is 80.5 Å². The third-order valence-corrected chi connectivity index (χ3v) is 5.16. The van der Waals surface area contributed by atoms with Crippen LogP contribution < -0.4 is 0 Å². The Morgan fingerprint density at radius 1 is 1.23 bits per heavy atom. The molecule has 0 spiro atoms. The van der Waals surface area contributed by atoms with Crippen molar-refractivity contribution in [1.82, 2.24) is 9.88 Å². The fraction of sp³-hybridized carbons (Fsp3) is 0.444. The van der Waals surface area contributed by atoms with Crippen LogP contribution >= 0.6 is 0 Å². The highest BCUT2D eigenvalue weighted by Gasteiger charge is 2.26. The molecule has 0 fully saturated rings. The number of rotatable bonds is 7. The first-order valence-electron chi connectivity index (χ1n) is 8.31. The first-order valence-corrected chi connectivity index (χ1v) is 10.1. The molecule has 0 unspecified atom stereocenters. The average Bonchev–Trinajstić information content (AvgIpc) is 2.93. The third-order valence-electron chi connectivity index (χ3n) is 3.74. The van der Waals surface area contributed by atoms with E-state index in [1.807, 2.05) is 27.7 Å². The van der Waals surface area contributed by atoms with Gasteiger partial charge in [-0.2, -0.15) is 0 Å². The molecule has 0 atom stereocenters. The summed E-state index contributed by atoms with van der Waals surface area (Å²) in [6.45, 7) is 7.36. The Bertz CT molecular complexity index is 867. The molecule has 6 nitrogen and oxygen atoms in total. The lowest BCUT2D eigenvalue weighted by Crippen LogP contribution is -2.45. The molecule has 1 aromatic heterocycles. The third kappa shape index (κ3) is 5.14. The lowest BCUT2D eigenvalue weighted by Gasteiger charge is -2.30. The Hall–Kier alpha value is -2.22. The molecule has 2 aromatic rings. The van der Waals surface area contributed by atoms with Crippen LogP contribution in [0.1, 0.15) is 33.4 Å². The van der Waals surface area contributed by atoms with Gasteiger partial charge in [0, 0.05) is 17.6 Å². The molecular formula is C18H23FN2O4S. The van der Waals surface area contributed by atoms with E-state index in [0.717, 1.165) is 0 Å². The van der Waals surface area contributed by atoms with Gasteiger partial charge in [0.1, 0.15) is 17.8 Å². The summed E-state index contributed by atoms with van der Waals surface area (Å²) in [5.74, 6) is -1.76. The molecule has 0 saturated carbocycles. The highest BCUT2D eigenvalue weighted by Crippen LogP contribution is 2.20. The zero-order chi connectivity index (χ0) is 19.5. The predicted octanol–water partition coefficient (Wildman–Crippen LogP) is 3.04. The Labute approximate surface area is 152 Å². The number of carbonyl (C=O) groups is 1. The number of halogens is 1. The molecule has 0 radical (unpaired) electrons. The van der Waals surface area contributed by atoms with Crippen LogP contribution in [0.2, 0.25) is 0 Å². The van der Waals surface area contributed by atoms with Gasteiger partial charge in [-0.1, -0.05) is 6.07 Å². The summed E-state index contributed by atoms with van der Waals surface area (Å²) in [5.41, 5.74) is 0.591. The molecule has 1 amide bonds. The lowest BCUT2D eigenvalue weighted by atomic mass is 10.2. The fourth-order valence-electron chi connectivity index (χ4n) is 2.84. The highest BCUT2D eigenvalue weighted by atomic mass is 32.2. The van der Waals surface area contributed by atoms with Gasteiger partial charge in [0.25, 0.3) is 0 Å². The van der Waals surface area contributed by atoms with E-state index in [4.69, 9.17) is 4.42 Å². The van der Waals surface area contributed by atoms with Crippen LogP contribution in [0.3, 0.4) is 0 Å². The first kappa shape index (κ1) is 20.1. The first-order chi connectivity index (χ1) is 12.1. The second-order valence-electron chi connectivity index (χ2n) is 6.68. The van der Waals surface area contributed by atoms with E-state index in [2.05, 4.69) is 4.98 Å². The standard InChI is InChI=1S/C18H23FN2O4S/c1-12(2)21(13(3)4)17(22)11-26(23,24)10-16-9-25-18(20-16)14-6-5-7-15(19)8-14/h5-9,12-13H,10-11H2,1-4H3. The molecule has 0 aliphatic carbocycles. The van der Waals surface area contributed by atoms with Gasteiger partial charge < -0.3 is 9.32 Å². The van der Waals surface area contributed by atoms with Crippen LogP contribution in [0.25, 0.3) is 11.5 Å². The minimum atomic E-state index is -3.71. The summed E-state index contributed by atoms with van der Waals surface area (Å²) in [5, 5.41) is 0. The molecule has 0 saturated heterocycles. The summed E-state index contributed by atoms with van der Waals surface area (Å²) >= 11 is 0. The number of benzene rings is 1. The lowest BCUT2D eigenvalue weighted by molar-refractivity contribution is -0.131. The molecule has 26 heavy (non-hydrogen) atoms. The Kier molecular flexibility index (Phi) is 6.17. The van der Waals surface area contributed by atoms with Crippen LogP contribution in [0.5, 0.6) is 0 Å². The summed E-state index contributed by atoms with van der Waals surface area (Å²) in [7, 11) is -3.71. The zero-order valence-corrected chi connectivity index (χ0v) is 16.1. The normalized spacial score (nSPS) is 12.0. The van der Waals surface area contributed by atoms with E-state index in [0.29, 0.717) is 5.56 Å². The van der Waals surface area contributed by atoms with Gasteiger partial charge in [-0.05, 0) is 45.9 Å². The molecule has 142 valence electrons. The number of oxazole rings is 1. The number of aromatic nitrogens is 1. The highest BCUT2D eigenvalue weighted by molar-refractivity contribution is 7.91. The second-order valence-corrected chi connectivity index (χ2v) is 8.74. The Morgan fingerprint density at radius 3 is 2.46 bits per heavy atom. The molecule has 0 bridgehead atoms. The summed E-state index contributed by atoms with van der Waals surface area (Å²) in [4.78, 5) is 18.0. The maximum atomic E-state index is 13.3. The van der Waals surface area contributed by atoms with E-state index in [1.165, 1.54) is 24.5 Å². The van der Waals surface area contributed by atoms with Crippen molar-refractivity contribution in [1.29, 1.82) is 0 Å². The summed E-state index contributed by atoms with van der Waals surface area (Å²) in [6, 6.07) is 5.47. The van der Waals surface area contributed by atoms with Gasteiger partial charge in [-0.15, -0.1) is 0 Å². The Balaban J connectivity index is 2.11. The van der Waals surface area contributed by atoms with Crippen LogP contribution in [-0.4, -0.2) is 42.0 Å². The Morgan fingerprint density at radius 2 is 1.88 bits per heavy atom. The van der Waals surface area contributed by atoms with Gasteiger partial charge in [0.15, 0.2) is 9.84 Å². The number of nitrogens with zero attached hydrogens (tertiary/aromatic N) is 2. The van der Waals surface area contributed by atoms with Gasteiger partial charge in [0.05, 0.1) is 11.4 Å². The number of carbonyl (C=O) groups excluding carboxylic acids is 1. The van der Waals surface area contributed by atoms with Gasteiger partial charge in [-0.3, -0.25) is 4.79 Å². The van der Waals surface area contributed by atoms with Crippen molar-refractivity contribution in [2.45, 2.75) is 45.5 Å². The summed E-state index contributed by atoms with van der Waals surface area (Å²) in [6.07, 6.45) is 1.21. The van der Waals surface area contributed by atoms with Gasteiger partial charge in [-0.25, -0.2) is 17.8 Å². The molecule has 0 aliphatic rings. The molecule has 8 heteroatoms. The largest absolute Gasteiger partial charge is 0.444 e. The predicted molar refractivity (Wildman–Crippen MR) is 96.5 cm³/mol. The number of amides is 1. The van der Waals surface area contributed by atoms with E-state index >= 15 is 0 Å². The molecule has 1 aromatic carbocycles. The maximum absolute atomic E-state index is 13.3. The SMILES string of the molecule is CC(C)N(C(=O)CS(=O)(=O)Cc1coc(-c2cccc(F)c2)n1)C(C)C. The van der Waals surface area contributed by atoms with Crippen LogP contribution in [0.15, 0.2) is 34.9 Å². The smallest absolute Gasteiger partial charge is 0.238 e. The van der Waals surface area contributed by atoms with Crippen molar-refractivity contribution < 1.29 is 22.0 Å². The van der Waals surface area contributed by atoms with Crippen molar-refractivity contribution in [2.75, 3.05) is 5.75 Å². The van der Waals surface area contributed by atoms with E-state index in [1.54, 1.807) is 11.0 Å². The van der Waals surface area contributed by atoms with Crippen molar-refractivity contribution in [3.8, 4) is 11.5 Å². The maximum Gasteiger partial charge on any atom is 0.238 e. The van der Waals surface area contributed by atoms with Gasteiger partial charge >= 0.3 is 0 Å². The summed E-state index contributed by atoms with van der Waals surface area (Å²) < 4.78 is 43.3. The number of hydrogen-bond acceptors (Lipinski definition) is 5. The second kappa shape index (κ2) is 7.99. The molecule has 2 rings (SSSR count). The van der Waals surface area contributed by atoms with Crippen molar-refractivity contribution in [3.05, 3.63) is 42.0 Å². The molecule has 0 N–H and O–H groups in total. The number of sulfone groups is 1.